The Morgan fingerprint density at radius 2 is 2.25 bits per heavy atom. The molecule has 0 N–H and O–H groups in total. The molecule has 0 saturated carbocycles. The standard InChI is InChI=1S/C12H20O4/c1-5-11(13)14-6-10-7-15-12(16-10)9(4)8(2)3/h5,8-10,12H,1,6-7H2,2-4H3. The van der Waals surface area contributed by atoms with E-state index >= 15 is 0 Å². The van der Waals surface area contributed by atoms with E-state index in [0.29, 0.717) is 18.4 Å². The SMILES string of the molecule is C=CC(=O)OCC1COC(C(C)C(C)C)O1. The first-order chi connectivity index (χ1) is 7.54. The normalized spacial score (nSPS) is 26.8. The number of carbonyl (C=O) groups excluding carboxylic acids is 1. The zero-order chi connectivity index (χ0) is 12.1. The fourth-order valence-corrected chi connectivity index (χ4v) is 1.38. The molecule has 3 unspecified atom stereocenters. The van der Waals surface area contributed by atoms with Gasteiger partial charge in [-0.1, -0.05) is 27.4 Å². The minimum atomic E-state index is -0.427. The molecule has 1 fully saturated rings. The Morgan fingerprint density at radius 3 is 2.81 bits per heavy atom. The number of hydrogen-bond donors (Lipinski definition) is 0. The summed E-state index contributed by atoms with van der Waals surface area (Å²) in [6.07, 6.45) is 0.798. The molecule has 4 nitrogen and oxygen atoms in total. The molecule has 92 valence electrons. The highest BCUT2D eigenvalue weighted by Gasteiger charge is 2.32. The lowest BCUT2D eigenvalue weighted by atomic mass is 9.98. The lowest BCUT2D eigenvalue weighted by Crippen LogP contribution is -2.26. The average molecular weight is 228 g/mol. The minimum Gasteiger partial charge on any atom is -0.460 e. The average Bonchev–Trinajstić information content (AvgIpc) is 2.73. The molecule has 0 aliphatic carbocycles. The van der Waals surface area contributed by atoms with Crippen LogP contribution in [0.15, 0.2) is 12.7 Å². The zero-order valence-electron chi connectivity index (χ0n) is 10.1. The van der Waals surface area contributed by atoms with Gasteiger partial charge in [0, 0.05) is 12.0 Å². The molecule has 1 aliphatic rings. The monoisotopic (exact) mass is 228 g/mol. The summed E-state index contributed by atoms with van der Waals surface area (Å²) >= 11 is 0. The zero-order valence-corrected chi connectivity index (χ0v) is 10.1. The molecule has 0 aromatic heterocycles. The van der Waals surface area contributed by atoms with Crippen molar-refractivity contribution in [2.45, 2.75) is 33.2 Å². The third kappa shape index (κ3) is 3.61. The van der Waals surface area contributed by atoms with Crippen molar-refractivity contribution in [1.29, 1.82) is 0 Å². The maximum absolute atomic E-state index is 10.9. The quantitative estimate of drug-likeness (QED) is 0.531. The van der Waals surface area contributed by atoms with Gasteiger partial charge < -0.3 is 14.2 Å². The summed E-state index contributed by atoms with van der Waals surface area (Å²) < 4.78 is 16.1. The minimum absolute atomic E-state index is 0.157. The molecule has 0 amide bonds. The second-order valence-electron chi connectivity index (χ2n) is 4.40. The predicted octanol–water partition coefficient (Wildman–Crippen LogP) is 1.75. The van der Waals surface area contributed by atoms with E-state index in [1.165, 1.54) is 0 Å². The van der Waals surface area contributed by atoms with Crippen molar-refractivity contribution in [3.05, 3.63) is 12.7 Å². The van der Waals surface area contributed by atoms with Crippen molar-refractivity contribution in [3.63, 3.8) is 0 Å². The third-order valence-corrected chi connectivity index (χ3v) is 2.83. The summed E-state index contributed by atoms with van der Waals surface area (Å²) in [6.45, 7) is 10.4. The van der Waals surface area contributed by atoms with Crippen LogP contribution in [0, 0.1) is 11.8 Å². The van der Waals surface area contributed by atoms with Crippen LogP contribution in [-0.2, 0) is 19.0 Å². The molecule has 1 rings (SSSR count). The Morgan fingerprint density at radius 1 is 1.56 bits per heavy atom. The Balaban J connectivity index is 2.29. The smallest absolute Gasteiger partial charge is 0.330 e. The van der Waals surface area contributed by atoms with Crippen molar-refractivity contribution in [2.75, 3.05) is 13.2 Å². The van der Waals surface area contributed by atoms with Crippen molar-refractivity contribution >= 4 is 5.97 Å². The molecule has 1 heterocycles. The van der Waals surface area contributed by atoms with Crippen molar-refractivity contribution in [3.8, 4) is 0 Å². The summed E-state index contributed by atoms with van der Waals surface area (Å²) in [6, 6.07) is 0. The van der Waals surface area contributed by atoms with Crippen LogP contribution in [0.3, 0.4) is 0 Å². The fraction of sp³-hybridized carbons (Fsp3) is 0.750. The first-order valence-corrected chi connectivity index (χ1v) is 5.60. The van der Waals surface area contributed by atoms with Gasteiger partial charge in [0.1, 0.15) is 12.7 Å². The second-order valence-corrected chi connectivity index (χ2v) is 4.40. The summed E-state index contributed by atoms with van der Waals surface area (Å²) in [5.41, 5.74) is 0. The molecule has 4 heteroatoms. The van der Waals surface area contributed by atoms with Crippen LogP contribution in [0.4, 0.5) is 0 Å². The molecule has 3 atom stereocenters. The van der Waals surface area contributed by atoms with Crippen LogP contribution in [0.1, 0.15) is 20.8 Å². The first kappa shape index (κ1) is 13.2. The van der Waals surface area contributed by atoms with E-state index in [0.717, 1.165) is 6.08 Å². The number of esters is 1. The van der Waals surface area contributed by atoms with E-state index in [9.17, 15) is 4.79 Å². The van der Waals surface area contributed by atoms with Crippen molar-refractivity contribution < 1.29 is 19.0 Å². The number of hydrogen-bond acceptors (Lipinski definition) is 4. The van der Waals surface area contributed by atoms with Gasteiger partial charge in [-0.25, -0.2) is 4.79 Å². The predicted molar refractivity (Wildman–Crippen MR) is 59.8 cm³/mol. The maximum Gasteiger partial charge on any atom is 0.330 e. The third-order valence-electron chi connectivity index (χ3n) is 2.83. The molecule has 1 aliphatic heterocycles. The highest BCUT2D eigenvalue weighted by atomic mass is 16.7. The molecule has 0 aromatic rings. The molecular formula is C12H20O4. The van der Waals surface area contributed by atoms with Crippen molar-refractivity contribution in [1.82, 2.24) is 0 Å². The molecule has 0 spiro atoms. The van der Waals surface area contributed by atoms with Gasteiger partial charge in [-0.15, -0.1) is 0 Å². The largest absolute Gasteiger partial charge is 0.460 e. The van der Waals surface area contributed by atoms with Crippen LogP contribution < -0.4 is 0 Å². The highest BCUT2D eigenvalue weighted by Crippen LogP contribution is 2.24. The maximum atomic E-state index is 10.9. The van der Waals surface area contributed by atoms with Crippen LogP contribution >= 0.6 is 0 Å². The van der Waals surface area contributed by atoms with Gasteiger partial charge >= 0.3 is 5.97 Å². The summed E-state index contributed by atoms with van der Waals surface area (Å²) in [5, 5.41) is 0. The molecule has 0 radical (unpaired) electrons. The molecule has 0 bridgehead atoms. The van der Waals surface area contributed by atoms with Gasteiger partial charge in [0.25, 0.3) is 0 Å². The van der Waals surface area contributed by atoms with E-state index < -0.39 is 5.97 Å². The Hall–Kier alpha value is -0.870. The summed E-state index contributed by atoms with van der Waals surface area (Å²) in [5.74, 6) is 0.406. The number of rotatable bonds is 5. The van der Waals surface area contributed by atoms with Crippen LogP contribution in [0.2, 0.25) is 0 Å². The Bertz CT molecular complexity index is 249. The van der Waals surface area contributed by atoms with E-state index in [-0.39, 0.29) is 19.0 Å². The van der Waals surface area contributed by atoms with E-state index in [2.05, 4.69) is 27.4 Å². The fourth-order valence-electron chi connectivity index (χ4n) is 1.38. The van der Waals surface area contributed by atoms with E-state index in [1.54, 1.807) is 0 Å². The van der Waals surface area contributed by atoms with Gasteiger partial charge in [0.15, 0.2) is 6.29 Å². The van der Waals surface area contributed by atoms with Gasteiger partial charge in [-0.3, -0.25) is 0 Å². The molecule has 0 aromatic carbocycles. The Kier molecular flexibility index (Phi) is 4.96. The molecule has 1 saturated heterocycles. The highest BCUT2D eigenvalue weighted by molar-refractivity contribution is 5.81. The van der Waals surface area contributed by atoms with Gasteiger partial charge in [-0.05, 0) is 5.92 Å². The lowest BCUT2D eigenvalue weighted by molar-refractivity contribution is -0.144. The van der Waals surface area contributed by atoms with Gasteiger partial charge in [-0.2, -0.15) is 0 Å². The molecular weight excluding hydrogens is 208 g/mol. The summed E-state index contributed by atoms with van der Waals surface area (Å²) in [4.78, 5) is 10.9. The summed E-state index contributed by atoms with van der Waals surface area (Å²) in [7, 11) is 0. The second kappa shape index (κ2) is 6.01. The molecule has 16 heavy (non-hydrogen) atoms. The van der Waals surface area contributed by atoms with Gasteiger partial charge in [0.05, 0.1) is 6.61 Å². The number of carbonyl (C=O) groups is 1. The lowest BCUT2D eigenvalue weighted by Gasteiger charge is -2.21. The van der Waals surface area contributed by atoms with E-state index in [4.69, 9.17) is 14.2 Å². The van der Waals surface area contributed by atoms with Gasteiger partial charge in [0.2, 0.25) is 0 Å². The Labute approximate surface area is 96.6 Å². The van der Waals surface area contributed by atoms with Crippen LogP contribution in [0.25, 0.3) is 0 Å². The van der Waals surface area contributed by atoms with Crippen molar-refractivity contribution in [2.24, 2.45) is 11.8 Å². The number of ether oxygens (including phenoxy) is 3. The first-order valence-electron chi connectivity index (χ1n) is 5.60. The van der Waals surface area contributed by atoms with Crippen LogP contribution in [-0.4, -0.2) is 31.6 Å². The van der Waals surface area contributed by atoms with Crippen LogP contribution in [0.5, 0.6) is 0 Å². The topological polar surface area (TPSA) is 44.8 Å². The van der Waals surface area contributed by atoms with E-state index in [1.807, 2.05) is 0 Å².